The van der Waals surface area contributed by atoms with Crippen LogP contribution in [0.25, 0.3) is 21.5 Å². The summed E-state index contributed by atoms with van der Waals surface area (Å²) in [4.78, 5) is 37.9. The fraction of sp³-hybridized carbons (Fsp3) is 0.227. The van der Waals surface area contributed by atoms with Crippen LogP contribution < -0.4 is 0 Å². The summed E-state index contributed by atoms with van der Waals surface area (Å²) in [5, 5.41) is 3.41. The third-order valence-corrected chi connectivity index (χ3v) is 4.34. The molecule has 0 amide bonds. The van der Waals surface area contributed by atoms with E-state index in [1.54, 1.807) is 26.0 Å². The third kappa shape index (κ3) is 3.53. The van der Waals surface area contributed by atoms with E-state index in [-0.39, 0.29) is 13.2 Å². The van der Waals surface area contributed by atoms with Crippen LogP contribution in [-0.2, 0) is 19.1 Å². The summed E-state index contributed by atoms with van der Waals surface area (Å²) >= 11 is 0. The molecule has 0 saturated heterocycles. The van der Waals surface area contributed by atoms with Crippen LogP contribution >= 0.6 is 0 Å². The Morgan fingerprint density at radius 3 is 2.04 bits per heavy atom. The first-order chi connectivity index (χ1) is 13.1. The first-order valence-corrected chi connectivity index (χ1v) is 8.86. The van der Waals surface area contributed by atoms with Gasteiger partial charge in [0.15, 0.2) is 5.78 Å². The lowest BCUT2D eigenvalue weighted by Crippen LogP contribution is -2.35. The maximum Gasteiger partial charge on any atom is 0.328 e. The van der Waals surface area contributed by atoms with Crippen LogP contribution in [0.2, 0.25) is 0 Å². The van der Waals surface area contributed by atoms with Gasteiger partial charge in [0, 0.05) is 10.9 Å². The van der Waals surface area contributed by atoms with Crippen LogP contribution in [0.5, 0.6) is 0 Å². The highest BCUT2D eigenvalue weighted by Gasteiger charge is 2.38. The molecule has 3 aromatic carbocycles. The highest BCUT2D eigenvalue weighted by atomic mass is 16.6. The van der Waals surface area contributed by atoms with Crippen molar-refractivity contribution >= 4 is 39.3 Å². The normalized spacial score (nSPS) is 10.9. The van der Waals surface area contributed by atoms with Crippen molar-refractivity contribution in [1.29, 1.82) is 0 Å². The number of Topliss-reactive ketones (excluding diaryl/α,β-unsaturated/α-hetero) is 1. The Balaban J connectivity index is 2.19. The topological polar surface area (TPSA) is 69.7 Å². The number of rotatable bonds is 6. The molecular formula is C22H20O5. The summed E-state index contributed by atoms with van der Waals surface area (Å²) in [5.41, 5.74) is 0.301. The summed E-state index contributed by atoms with van der Waals surface area (Å²) in [6.45, 7) is 3.38. The van der Waals surface area contributed by atoms with Crippen molar-refractivity contribution in [1.82, 2.24) is 0 Å². The molecule has 0 aliphatic heterocycles. The second kappa shape index (κ2) is 7.99. The third-order valence-electron chi connectivity index (χ3n) is 4.34. The van der Waals surface area contributed by atoms with Crippen molar-refractivity contribution in [3.05, 3.63) is 60.2 Å². The minimum Gasteiger partial charge on any atom is -0.465 e. The van der Waals surface area contributed by atoms with Gasteiger partial charge in [0.25, 0.3) is 0 Å². The average Bonchev–Trinajstić information content (AvgIpc) is 2.68. The van der Waals surface area contributed by atoms with Crippen LogP contribution in [0.15, 0.2) is 54.6 Å². The molecule has 0 saturated carbocycles. The Labute approximate surface area is 156 Å². The summed E-state index contributed by atoms with van der Waals surface area (Å²) in [6, 6.07) is 16.8. The van der Waals surface area contributed by atoms with E-state index in [0.717, 1.165) is 16.2 Å². The summed E-state index contributed by atoms with van der Waals surface area (Å²) in [5.74, 6) is -4.03. The van der Waals surface area contributed by atoms with E-state index in [4.69, 9.17) is 9.47 Å². The van der Waals surface area contributed by atoms with E-state index in [1.807, 2.05) is 42.5 Å². The molecule has 0 spiro atoms. The van der Waals surface area contributed by atoms with Gasteiger partial charge in [0.1, 0.15) is 0 Å². The molecule has 0 atom stereocenters. The van der Waals surface area contributed by atoms with Crippen molar-refractivity contribution in [2.45, 2.75) is 13.8 Å². The van der Waals surface area contributed by atoms with Gasteiger partial charge in [-0.3, -0.25) is 14.4 Å². The van der Waals surface area contributed by atoms with Gasteiger partial charge in [-0.2, -0.15) is 0 Å². The maximum atomic E-state index is 13.2. The minimum atomic E-state index is -1.63. The Kier molecular flexibility index (Phi) is 5.50. The van der Waals surface area contributed by atoms with E-state index < -0.39 is 23.6 Å². The van der Waals surface area contributed by atoms with Gasteiger partial charge in [-0.05, 0) is 30.0 Å². The van der Waals surface area contributed by atoms with Gasteiger partial charge >= 0.3 is 11.9 Å². The number of esters is 2. The monoisotopic (exact) mass is 364 g/mol. The number of carbonyl (C=O) groups excluding carboxylic acids is 3. The number of carbonyl (C=O) groups is 3. The zero-order chi connectivity index (χ0) is 19.4. The molecule has 0 bridgehead atoms. The molecular weight excluding hydrogens is 344 g/mol. The van der Waals surface area contributed by atoms with E-state index in [0.29, 0.717) is 10.9 Å². The lowest BCUT2D eigenvalue weighted by Gasteiger charge is -2.15. The summed E-state index contributed by atoms with van der Waals surface area (Å²) < 4.78 is 9.91. The zero-order valence-electron chi connectivity index (χ0n) is 15.2. The predicted octanol–water partition coefficient (Wildman–Crippen LogP) is 3.92. The van der Waals surface area contributed by atoms with Gasteiger partial charge in [0.05, 0.1) is 13.2 Å². The van der Waals surface area contributed by atoms with E-state index >= 15 is 0 Å². The standard InChI is InChI=1S/C22H20O5/c1-3-26-21(24)19(22(25)27-4-2)20(23)17-11-7-9-15-13-12-14-8-5-6-10-16(14)18(15)17/h5-13,19H,3-4H2,1-2H3. The van der Waals surface area contributed by atoms with Crippen LogP contribution in [0.4, 0.5) is 0 Å². The van der Waals surface area contributed by atoms with Crippen LogP contribution in [0, 0.1) is 5.92 Å². The summed E-state index contributed by atoms with van der Waals surface area (Å²) in [7, 11) is 0. The number of fused-ring (bicyclic) bond motifs is 3. The Morgan fingerprint density at radius 1 is 0.778 bits per heavy atom. The molecule has 0 aliphatic rings. The van der Waals surface area contributed by atoms with Crippen LogP contribution in [0.1, 0.15) is 24.2 Å². The molecule has 0 unspecified atom stereocenters. The molecule has 3 rings (SSSR count). The minimum absolute atomic E-state index is 0.0699. The number of ether oxygens (including phenoxy) is 2. The summed E-state index contributed by atoms with van der Waals surface area (Å²) in [6.07, 6.45) is 0. The lowest BCUT2D eigenvalue weighted by molar-refractivity contribution is -0.158. The largest absolute Gasteiger partial charge is 0.465 e. The van der Waals surface area contributed by atoms with Crippen molar-refractivity contribution in [3.63, 3.8) is 0 Å². The van der Waals surface area contributed by atoms with Crippen molar-refractivity contribution in [3.8, 4) is 0 Å². The molecule has 0 heterocycles. The number of hydrogen-bond donors (Lipinski definition) is 0. The number of ketones is 1. The molecule has 5 nitrogen and oxygen atoms in total. The number of hydrogen-bond acceptors (Lipinski definition) is 5. The van der Waals surface area contributed by atoms with Gasteiger partial charge in [0.2, 0.25) is 5.92 Å². The molecule has 0 aromatic heterocycles. The van der Waals surface area contributed by atoms with Crippen LogP contribution in [0.3, 0.4) is 0 Å². The second-order valence-corrected chi connectivity index (χ2v) is 5.99. The predicted molar refractivity (Wildman–Crippen MR) is 103 cm³/mol. The van der Waals surface area contributed by atoms with E-state index in [9.17, 15) is 14.4 Å². The molecule has 0 radical (unpaired) electrons. The molecule has 3 aromatic rings. The molecule has 0 aliphatic carbocycles. The van der Waals surface area contributed by atoms with Gasteiger partial charge in [-0.25, -0.2) is 0 Å². The second-order valence-electron chi connectivity index (χ2n) is 5.99. The van der Waals surface area contributed by atoms with Gasteiger partial charge in [-0.15, -0.1) is 0 Å². The van der Waals surface area contributed by atoms with Crippen molar-refractivity contribution < 1.29 is 23.9 Å². The average molecular weight is 364 g/mol. The SMILES string of the molecule is CCOC(=O)C(C(=O)OCC)C(=O)c1cccc2ccc3ccccc3c12. The van der Waals surface area contributed by atoms with Gasteiger partial charge < -0.3 is 9.47 Å². The van der Waals surface area contributed by atoms with Crippen molar-refractivity contribution in [2.24, 2.45) is 5.92 Å². The molecule has 138 valence electrons. The van der Waals surface area contributed by atoms with E-state index in [2.05, 4.69) is 0 Å². The first-order valence-electron chi connectivity index (χ1n) is 8.86. The molecule has 5 heteroatoms. The molecule has 27 heavy (non-hydrogen) atoms. The fourth-order valence-corrected chi connectivity index (χ4v) is 3.18. The number of benzene rings is 3. The van der Waals surface area contributed by atoms with E-state index in [1.165, 1.54) is 0 Å². The first kappa shape index (κ1) is 18.6. The Bertz CT molecular complexity index is 1000. The highest BCUT2D eigenvalue weighted by Crippen LogP contribution is 2.30. The Hall–Kier alpha value is -3.21. The maximum absolute atomic E-state index is 13.2. The smallest absolute Gasteiger partial charge is 0.328 e. The fourth-order valence-electron chi connectivity index (χ4n) is 3.18. The van der Waals surface area contributed by atoms with Gasteiger partial charge in [-0.1, -0.05) is 54.6 Å². The van der Waals surface area contributed by atoms with Crippen LogP contribution in [-0.4, -0.2) is 30.9 Å². The lowest BCUT2D eigenvalue weighted by atomic mass is 9.90. The van der Waals surface area contributed by atoms with Crippen molar-refractivity contribution in [2.75, 3.05) is 13.2 Å². The zero-order valence-corrected chi connectivity index (χ0v) is 15.2. The highest BCUT2D eigenvalue weighted by molar-refractivity contribution is 6.27. The molecule has 0 fully saturated rings. The Morgan fingerprint density at radius 2 is 1.37 bits per heavy atom. The molecule has 0 N–H and O–H groups in total. The quantitative estimate of drug-likeness (QED) is 0.287.